The molecule has 2 heterocycles. The quantitative estimate of drug-likeness (QED) is 0.637. The van der Waals surface area contributed by atoms with Gasteiger partial charge in [-0.05, 0) is 48.9 Å². The molecule has 0 aliphatic carbocycles. The lowest BCUT2D eigenvalue weighted by atomic mass is 10.0. The van der Waals surface area contributed by atoms with Crippen LogP contribution in [0.15, 0.2) is 36.4 Å². The third-order valence-electron chi connectivity index (χ3n) is 4.41. The van der Waals surface area contributed by atoms with Crippen molar-refractivity contribution >= 4 is 11.7 Å². The van der Waals surface area contributed by atoms with Gasteiger partial charge in [0.1, 0.15) is 5.69 Å². The zero-order valence-corrected chi connectivity index (χ0v) is 14.7. The van der Waals surface area contributed by atoms with Crippen LogP contribution in [-0.2, 0) is 11.2 Å². The van der Waals surface area contributed by atoms with Crippen LogP contribution in [0.3, 0.4) is 0 Å². The highest BCUT2D eigenvalue weighted by Crippen LogP contribution is 2.26. The van der Waals surface area contributed by atoms with Crippen molar-refractivity contribution in [3.63, 3.8) is 0 Å². The summed E-state index contributed by atoms with van der Waals surface area (Å²) in [5.74, 6) is 5.81. The standard InChI is InChI=1S/C21H22N2O2/c1-16-12-13-18(22-20(16)21(24)25-2)10-5-6-14-23-15-7-9-17-8-3-4-11-19(17)23/h3-4,8,11-13H,6-7,9,14-15H2,1-2H3. The van der Waals surface area contributed by atoms with Gasteiger partial charge in [-0.25, -0.2) is 9.78 Å². The normalized spacial score (nSPS) is 12.8. The fraction of sp³-hybridized carbons (Fsp3) is 0.333. The van der Waals surface area contributed by atoms with Gasteiger partial charge in [0.25, 0.3) is 0 Å². The van der Waals surface area contributed by atoms with Crippen LogP contribution in [0.4, 0.5) is 5.69 Å². The lowest BCUT2D eigenvalue weighted by Gasteiger charge is -2.30. The van der Waals surface area contributed by atoms with E-state index >= 15 is 0 Å². The number of aryl methyl sites for hydroxylation is 2. The van der Waals surface area contributed by atoms with Gasteiger partial charge in [0.05, 0.1) is 7.11 Å². The van der Waals surface area contributed by atoms with Crippen molar-refractivity contribution in [1.29, 1.82) is 0 Å². The number of benzene rings is 1. The Morgan fingerprint density at radius 3 is 2.96 bits per heavy atom. The first kappa shape index (κ1) is 17.0. The topological polar surface area (TPSA) is 42.4 Å². The Bertz CT molecular complexity index is 833. The van der Waals surface area contributed by atoms with E-state index in [1.165, 1.54) is 24.8 Å². The molecule has 0 N–H and O–H groups in total. The molecule has 0 amide bonds. The van der Waals surface area contributed by atoms with Crippen LogP contribution in [0.25, 0.3) is 0 Å². The number of pyridine rings is 1. The average molecular weight is 334 g/mol. The number of aromatic nitrogens is 1. The monoisotopic (exact) mass is 334 g/mol. The fourth-order valence-corrected chi connectivity index (χ4v) is 3.09. The van der Waals surface area contributed by atoms with Gasteiger partial charge in [0.2, 0.25) is 0 Å². The number of fused-ring (bicyclic) bond motifs is 1. The summed E-state index contributed by atoms with van der Waals surface area (Å²) in [7, 11) is 1.36. The molecule has 3 rings (SSSR count). The molecule has 1 aliphatic rings. The molecule has 25 heavy (non-hydrogen) atoms. The number of carbonyl (C=O) groups excluding carboxylic acids is 1. The zero-order chi connectivity index (χ0) is 17.6. The van der Waals surface area contributed by atoms with Crippen molar-refractivity contribution in [2.45, 2.75) is 26.2 Å². The second-order valence-corrected chi connectivity index (χ2v) is 6.12. The highest BCUT2D eigenvalue weighted by atomic mass is 16.5. The lowest BCUT2D eigenvalue weighted by Crippen LogP contribution is -2.30. The molecule has 1 aliphatic heterocycles. The maximum atomic E-state index is 11.7. The van der Waals surface area contributed by atoms with E-state index in [-0.39, 0.29) is 0 Å². The maximum absolute atomic E-state index is 11.7. The summed E-state index contributed by atoms with van der Waals surface area (Å²) < 4.78 is 4.75. The Kier molecular flexibility index (Phi) is 5.35. The van der Waals surface area contributed by atoms with Crippen molar-refractivity contribution in [2.24, 2.45) is 0 Å². The fourth-order valence-electron chi connectivity index (χ4n) is 3.09. The van der Waals surface area contributed by atoms with Crippen molar-refractivity contribution in [3.05, 3.63) is 58.9 Å². The zero-order valence-electron chi connectivity index (χ0n) is 14.7. The summed E-state index contributed by atoms with van der Waals surface area (Å²) in [5, 5.41) is 0. The molecule has 2 aromatic rings. The minimum Gasteiger partial charge on any atom is -0.464 e. The van der Waals surface area contributed by atoms with Crippen LogP contribution in [-0.4, -0.2) is 31.2 Å². The molecule has 0 atom stereocenters. The van der Waals surface area contributed by atoms with E-state index in [0.717, 1.165) is 31.5 Å². The molecule has 0 unspecified atom stereocenters. The summed E-state index contributed by atoms with van der Waals surface area (Å²) in [5.41, 5.74) is 4.48. The summed E-state index contributed by atoms with van der Waals surface area (Å²) in [4.78, 5) is 18.4. The Balaban J connectivity index is 1.65. The highest BCUT2D eigenvalue weighted by molar-refractivity contribution is 5.88. The molecule has 4 nitrogen and oxygen atoms in total. The van der Waals surface area contributed by atoms with E-state index in [0.29, 0.717) is 11.4 Å². The molecule has 1 aromatic heterocycles. The molecule has 0 saturated carbocycles. The average Bonchev–Trinajstić information content (AvgIpc) is 2.66. The van der Waals surface area contributed by atoms with Gasteiger partial charge < -0.3 is 9.64 Å². The predicted molar refractivity (Wildman–Crippen MR) is 98.8 cm³/mol. The third kappa shape index (κ3) is 4.00. The number of esters is 1. The Morgan fingerprint density at radius 1 is 1.28 bits per heavy atom. The summed E-state index contributed by atoms with van der Waals surface area (Å²) >= 11 is 0. The first-order chi connectivity index (χ1) is 12.2. The second-order valence-electron chi connectivity index (χ2n) is 6.12. The summed E-state index contributed by atoms with van der Waals surface area (Å²) in [6.45, 7) is 3.82. The van der Waals surface area contributed by atoms with Gasteiger partial charge >= 0.3 is 5.97 Å². The van der Waals surface area contributed by atoms with Crippen molar-refractivity contribution in [2.75, 3.05) is 25.1 Å². The molecule has 1 aromatic carbocycles. The van der Waals surface area contributed by atoms with Crippen molar-refractivity contribution in [1.82, 2.24) is 4.98 Å². The van der Waals surface area contributed by atoms with E-state index in [1.54, 1.807) is 0 Å². The van der Waals surface area contributed by atoms with Gasteiger partial charge in [-0.3, -0.25) is 0 Å². The molecule has 0 saturated heterocycles. The molecule has 0 fully saturated rings. The number of hydrogen-bond acceptors (Lipinski definition) is 4. The van der Waals surface area contributed by atoms with Crippen LogP contribution in [0.2, 0.25) is 0 Å². The van der Waals surface area contributed by atoms with Crippen LogP contribution in [0, 0.1) is 18.8 Å². The van der Waals surface area contributed by atoms with E-state index in [9.17, 15) is 4.79 Å². The smallest absolute Gasteiger partial charge is 0.356 e. The second kappa shape index (κ2) is 7.85. The first-order valence-electron chi connectivity index (χ1n) is 8.56. The van der Waals surface area contributed by atoms with Gasteiger partial charge in [0, 0.05) is 25.2 Å². The van der Waals surface area contributed by atoms with E-state index in [1.807, 2.05) is 19.1 Å². The van der Waals surface area contributed by atoms with Crippen LogP contribution >= 0.6 is 0 Å². The molecule has 4 heteroatoms. The SMILES string of the molecule is COC(=O)c1nc(C#CCCN2CCCc3ccccc32)ccc1C. The Morgan fingerprint density at radius 2 is 2.12 bits per heavy atom. The number of anilines is 1. The largest absolute Gasteiger partial charge is 0.464 e. The van der Waals surface area contributed by atoms with Crippen LogP contribution in [0.5, 0.6) is 0 Å². The third-order valence-corrected chi connectivity index (χ3v) is 4.41. The minimum atomic E-state index is -0.425. The summed E-state index contributed by atoms with van der Waals surface area (Å²) in [6.07, 6.45) is 3.10. The molecule has 0 bridgehead atoms. The number of carbonyl (C=O) groups is 1. The van der Waals surface area contributed by atoms with Gasteiger partial charge in [-0.15, -0.1) is 0 Å². The van der Waals surface area contributed by atoms with Gasteiger partial charge in [0.15, 0.2) is 5.69 Å². The maximum Gasteiger partial charge on any atom is 0.356 e. The molecule has 0 radical (unpaired) electrons. The number of ether oxygens (including phenoxy) is 1. The van der Waals surface area contributed by atoms with E-state index in [2.05, 4.69) is 46.0 Å². The number of hydrogen-bond donors (Lipinski definition) is 0. The number of nitrogens with zero attached hydrogens (tertiary/aromatic N) is 2. The first-order valence-corrected chi connectivity index (χ1v) is 8.56. The molecular weight excluding hydrogens is 312 g/mol. The Hall–Kier alpha value is -2.80. The number of para-hydroxylation sites is 1. The lowest BCUT2D eigenvalue weighted by molar-refractivity contribution is 0.0593. The van der Waals surface area contributed by atoms with Gasteiger partial charge in [-0.2, -0.15) is 0 Å². The van der Waals surface area contributed by atoms with Crippen LogP contribution < -0.4 is 4.90 Å². The highest BCUT2D eigenvalue weighted by Gasteiger charge is 2.15. The van der Waals surface area contributed by atoms with Crippen molar-refractivity contribution < 1.29 is 9.53 Å². The number of rotatable bonds is 3. The predicted octanol–water partition coefficient (Wildman–Crippen LogP) is 3.37. The molecule has 128 valence electrons. The molecule has 0 spiro atoms. The number of methoxy groups -OCH3 is 1. The Labute approximate surface area is 148 Å². The van der Waals surface area contributed by atoms with Crippen molar-refractivity contribution in [3.8, 4) is 11.8 Å². The van der Waals surface area contributed by atoms with E-state index < -0.39 is 5.97 Å². The van der Waals surface area contributed by atoms with E-state index in [4.69, 9.17) is 4.74 Å². The summed E-state index contributed by atoms with van der Waals surface area (Å²) in [6, 6.07) is 12.3. The minimum absolute atomic E-state index is 0.333. The molecular formula is C21H22N2O2. The van der Waals surface area contributed by atoms with Gasteiger partial charge in [-0.1, -0.05) is 30.2 Å². The van der Waals surface area contributed by atoms with Crippen LogP contribution in [0.1, 0.15) is 40.2 Å².